The molecule has 0 radical (unpaired) electrons. The Morgan fingerprint density at radius 3 is 2.53 bits per heavy atom. The Labute approximate surface area is 170 Å². The van der Waals surface area contributed by atoms with Crippen LogP contribution in [0.5, 0.6) is 5.75 Å². The van der Waals surface area contributed by atoms with Gasteiger partial charge in [-0.05, 0) is 53.1 Å². The van der Waals surface area contributed by atoms with Crippen molar-refractivity contribution in [1.29, 1.82) is 0 Å². The van der Waals surface area contributed by atoms with E-state index in [1.54, 1.807) is 36.4 Å². The first-order valence-electron chi connectivity index (χ1n) is 9.04. The monoisotopic (exact) mass is 406 g/mol. The molecular formula is C21H19FN6O2. The number of fused-ring (bicyclic) bond motifs is 1. The summed E-state index contributed by atoms with van der Waals surface area (Å²) >= 11 is 0. The van der Waals surface area contributed by atoms with Crippen LogP contribution >= 0.6 is 0 Å². The van der Waals surface area contributed by atoms with Crippen LogP contribution in [0, 0.1) is 5.82 Å². The number of nitrogens with one attached hydrogen (secondary N) is 1. The van der Waals surface area contributed by atoms with Gasteiger partial charge in [0.25, 0.3) is 0 Å². The van der Waals surface area contributed by atoms with Gasteiger partial charge in [0.05, 0.1) is 16.8 Å². The van der Waals surface area contributed by atoms with Crippen molar-refractivity contribution in [2.45, 2.75) is 6.54 Å². The number of aromatic hydroxyl groups is 1. The second-order valence-electron chi connectivity index (χ2n) is 6.70. The Bertz CT molecular complexity index is 1250. The molecule has 9 heteroatoms. The summed E-state index contributed by atoms with van der Waals surface area (Å²) in [5.41, 5.74) is 20.1. The van der Waals surface area contributed by atoms with E-state index in [-0.39, 0.29) is 23.8 Å². The third kappa shape index (κ3) is 3.16. The van der Waals surface area contributed by atoms with Gasteiger partial charge in [0.1, 0.15) is 17.1 Å². The molecule has 0 saturated carbocycles. The Hall–Kier alpha value is -4.11. The van der Waals surface area contributed by atoms with Gasteiger partial charge in [-0.2, -0.15) is 5.10 Å². The quantitative estimate of drug-likeness (QED) is 0.353. The van der Waals surface area contributed by atoms with Gasteiger partial charge < -0.3 is 22.3 Å². The van der Waals surface area contributed by atoms with E-state index in [0.717, 1.165) is 16.0 Å². The normalized spacial score (nSPS) is 11.0. The van der Waals surface area contributed by atoms with Gasteiger partial charge in [-0.25, -0.2) is 9.18 Å². The molecule has 0 fully saturated rings. The standard InChI is InChI=1S/C21H19FN6O2/c22-15-7-1-11(10-23)9-16(15)28(21(25)30)13-4-2-12(3-5-13)14-6-8-17(29)19-18(14)20(24)27-26-19/h1-9,29H,10,23H2,(H2,25,30)(H3,24,26,27). The van der Waals surface area contributed by atoms with Crippen molar-refractivity contribution >= 4 is 34.1 Å². The number of urea groups is 1. The number of nitrogen functional groups attached to an aromatic ring is 1. The highest BCUT2D eigenvalue weighted by Crippen LogP contribution is 2.37. The number of carbonyl (C=O) groups is 1. The lowest BCUT2D eigenvalue weighted by Gasteiger charge is -2.22. The molecule has 0 spiro atoms. The zero-order chi connectivity index (χ0) is 21.4. The van der Waals surface area contributed by atoms with Crippen LogP contribution in [0.15, 0.2) is 54.6 Å². The summed E-state index contributed by atoms with van der Waals surface area (Å²) in [5.74, 6) is -0.314. The maximum absolute atomic E-state index is 14.4. The molecule has 1 heterocycles. The van der Waals surface area contributed by atoms with E-state index in [2.05, 4.69) is 10.2 Å². The molecule has 0 atom stereocenters. The van der Waals surface area contributed by atoms with Crippen LogP contribution in [0.2, 0.25) is 0 Å². The lowest BCUT2D eigenvalue weighted by molar-refractivity contribution is 0.256. The Morgan fingerprint density at radius 2 is 1.87 bits per heavy atom. The van der Waals surface area contributed by atoms with E-state index < -0.39 is 11.8 Å². The van der Waals surface area contributed by atoms with Crippen molar-refractivity contribution in [3.63, 3.8) is 0 Å². The Morgan fingerprint density at radius 1 is 1.13 bits per heavy atom. The van der Waals surface area contributed by atoms with E-state index >= 15 is 0 Å². The number of rotatable bonds is 4. The third-order valence-electron chi connectivity index (χ3n) is 4.87. The summed E-state index contributed by atoms with van der Waals surface area (Å²) in [4.78, 5) is 13.2. The number of nitrogens with zero attached hydrogens (tertiary/aromatic N) is 2. The maximum atomic E-state index is 14.4. The van der Waals surface area contributed by atoms with E-state index in [9.17, 15) is 14.3 Å². The first kappa shape index (κ1) is 19.2. The van der Waals surface area contributed by atoms with Gasteiger partial charge in [-0.15, -0.1) is 0 Å². The number of benzene rings is 3. The van der Waals surface area contributed by atoms with Crippen LogP contribution in [-0.4, -0.2) is 21.3 Å². The molecule has 1 aromatic heterocycles. The molecule has 4 rings (SSSR count). The highest BCUT2D eigenvalue weighted by molar-refractivity contribution is 6.04. The summed E-state index contributed by atoms with van der Waals surface area (Å²) in [6.45, 7) is 0.196. The Kier molecular flexibility index (Phi) is 4.72. The minimum atomic E-state index is -0.832. The molecule has 0 bridgehead atoms. The van der Waals surface area contributed by atoms with Crippen LogP contribution < -0.4 is 22.1 Å². The largest absolute Gasteiger partial charge is 0.506 e. The number of amides is 2. The van der Waals surface area contributed by atoms with E-state index in [1.807, 2.05) is 0 Å². The van der Waals surface area contributed by atoms with Gasteiger partial charge in [0, 0.05) is 6.54 Å². The first-order chi connectivity index (χ1) is 14.4. The number of hydrogen-bond acceptors (Lipinski definition) is 5. The number of anilines is 3. The molecule has 0 aliphatic heterocycles. The zero-order valence-electron chi connectivity index (χ0n) is 15.8. The predicted molar refractivity (Wildman–Crippen MR) is 114 cm³/mol. The van der Waals surface area contributed by atoms with Crippen molar-refractivity contribution in [2.75, 3.05) is 10.6 Å². The number of aromatic nitrogens is 2. The van der Waals surface area contributed by atoms with Crippen LogP contribution in [0.4, 0.5) is 26.4 Å². The fourth-order valence-electron chi connectivity index (χ4n) is 3.42. The number of phenols is 1. The molecule has 152 valence electrons. The maximum Gasteiger partial charge on any atom is 0.323 e. The van der Waals surface area contributed by atoms with Crippen molar-refractivity contribution < 1.29 is 14.3 Å². The van der Waals surface area contributed by atoms with Crippen molar-refractivity contribution in [2.24, 2.45) is 11.5 Å². The number of primary amides is 1. The molecule has 0 unspecified atom stereocenters. The number of carbonyl (C=O) groups excluding carboxylic acids is 1. The number of phenolic OH excluding ortho intramolecular Hbond substituents is 1. The van der Waals surface area contributed by atoms with Gasteiger partial charge >= 0.3 is 6.03 Å². The topological polar surface area (TPSA) is 147 Å². The van der Waals surface area contributed by atoms with Crippen LogP contribution in [-0.2, 0) is 6.54 Å². The van der Waals surface area contributed by atoms with Gasteiger partial charge in [-0.3, -0.25) is 10.00 Å². The number of H-pyrrole nitrogens is 1. The summed E-state index contributed by atoms with van der Waals surface area (Å²) < 4.78 is 14.4. The molecular weight excluding hydrogens is 387 g/mol. The molecule has 0 aliphatic rings. The third-order valence-corrected chi connectivity index (χ3v) is 4.87. The number of hydrogen-bond donors (Lipinski definition) is 5. The molecule has 8 N–H and O–H groups in total. The van der Waals surface area contributed by atoms with Crippen molar-refractivity contribution in [3.8, 4) is 16.9 Å². The molecule has 0 aliphatic carbocycles. The van der Waals surface area contributed by atoms with E-state index in [0.29, 0.717) is 22.2 Å². The fourth-order valence-corrected chi connectivity index (χ4v) is 3.42. The Balaban J connectivity index is 1.79. The van der Waals surface area contributed by atoms with Crippen LogP contribution in [0.1, 0.15) is 5.56 Å². The van der Waals surface area contributed by atoms with Gasteiger partial charge in [0.2, 0.25) is 0 Å². The zero-order valence-corrected chi connectivity index (χ0v) is 15.8. The second-order valence-corrected chi connectivity index (χ2v) is 6.70. The molecule has 3 aromatic carbocycles. The highest BCUT2D eigenvalue weighted by atomic mass is 19.1. The van der Waals surface area contributed by atoms with E-state index in [4.69, 9.17) is 17.2 Å². The summed E-state index contributed by atoms with van der Waals surface area (Å²) in [7, 11) is 0. The average molecular weight is 406 g/mol. The van der Waals surface area contributed by atoms with Gasteiger partial charge in [0.15, 0.2) is 5.82 Å². The minimum absolute atomic E-state index is 0.0179. The van der Waals surface area contributed by atoms with Gasteiger partial charge in [-0.1, -0.05) is 18.2 Å². The predicted octanol–water partition coefficient (Wildman–Crippen LogP) is 3.33. The van der Waals surface area contributed by atoms with Crippen molar-refractivity contribution in [3.05, 3.63) is 66.0 Å². The summed E-state index contributed by atoms with van der Waals surface area (Å²) in [5, 5.41) is 17.2. The number of aromatic amines is 1. The second kappa shape index (κ2) is 7.37. The SMILES string of the molecule is NCc1ccc(F)c(N(C(N)=O)c2ccc(-c3ccc(O)c4[nH]nc(N)c34)cc2)c1. The molecule has 2 amide bonds. The van der Waals surface area contributed by atoms with Crippen LogP contribution in [0.3, 0.4) is 0 Å². The smallest absolute Gasteiger partial charge is 0.323 e. The lowest BCUT2D eigenvalue weighted by Crippen LogP contribution is -2.32. The minimum Gasteiger partial charge on any atom is -0.506 e. The number of halogens is 1. The van der Waals surface area contributed by atoms with Crippen LogP contribution in [0.25, 0.3) is 22.0 Å². The number of nitrogens with two attached hydrogens (primary N) is 3. The fraction of sp³-hybridized carbons (Fsp3) is 0.0476. The average Bonchev–Trinajstić information content (AvgIpc) is 3.13. The summed E-state index contributed by atoms with van der Waals surface area (Å²) in [6, 6.07) is 13.5. The molecule has 0 saturated heterocycles. The molecule has 30 heavy (non-hydrogen) atoms. The van der Waals surface area contributed by atoms with Crippen molar-refractivity contribution in [1.82, 2.24) is 10.2 Å². The highest BCUT2D eigenvalue weighted by Gasteiger charge is 2.20. The first-order valence-corrected chi connectivity index (χ1v) is 9.04. The lowest BCUT2D eigenvalue weighted by atomic mass is 10.0. The summed E-state index contributed by atoms with van der Waals surface area (Å²) in [6.07, 6.45) is 0. The molecule has 4 aromatic rings. The van der Waals surface area contributed by atoms with E-state index in [1.165, 1.54) is 18.2 Å². The molecule has 8 nitrogen and oxygen atoms in total.